The first-order chi connectivity index (χ1) is 9.17. The molecule has 1 aromatic carbocycles. The number of nitrogens with zero attached hydrogens (tertiary/aromatic N) is 1. The molecule has 0 aliphatic rings. The van der Waals surface area contributed by atoms with E-state index in [-0.39, 0.29) is 6.04 Å². The van der Waals surface area contributed by atoms with Crippen LogP contribution in [-0.2, 0) is 4.74 Å². The fourth-order valence-corrected chi connectivity index (χ4v) is 2.01. The molecule has 0 spiro atoms. The third kappa shape index (κ3) is 6.39. The molecule has 20 heavy (non-hydrogen) atoms. The topological polar surface area (TPSA) is 41.6 Å². The number of hydrogen-bond acceptors (Lipinski definition) is 3. The molecule has 0 heterocycles. The van der Waals surface area contributed by atoms with E-state index in [1.165, 1.54) is 0 Å². The van der Waals surface area contributed by atoms with E-state index in [0.29, 0.717) is 6.54 Å². The number of hydrogen-bond donors (Lipinski definition) is 1. The maximum absolute atomic E-state index is 11.9. The number of halogens is 1. The van der Waals surface area contributed by atoms with Gasteiger partial charge >= 0.3 is 6.09 Å². The summed E-state index contributed by atoms with van der Waals surface area (Å²) in [7, 11) is 3.95. The van der Waals surface area contributed by atoms with Crippen LogP contribution in [0, 0.1) is 0 Å². The van der Waals surface area contributed by atoms with Crippen molar-refractivity contribution in [1.82, 2.24) is 10.2 Å². The van der Waals surface area contributed by atoms with Gasteiger partial charge in [-0.25, -0.2) is 4.79 Å². The summed E-state index contributed by atoms with van der Waals surface area (Å²) in [4.78, 5) is 14.0. The normalized spacial score (nSPS) is 13.2. The first-order valence-electron chi connectivity index (χ1n) is 6.57. The Balaban J connectivity index is 2.79. The minimum absolute atomic E-state index is 0.104. The number of carbonyl (C=O) groups is 1. The monoisotopic (exact) mass is 342 g/mol. The van der Waals surface area contributed by atoms with Crippen LogP contribution in [0.4, 0.5) is 4.79 Å². The third-order valence-electron chi connectivity index (χ3n) is 2.51. The minimum Gasteiger partial charge on any atom is -0.444 e. The van der Waals surface area contributed by atoms with Gasteiger partial charge in [-0.3, -0.25) is 0 Å². The maximum Gasteiger partial charge on any atom is 0.408 e. The lowest BCUT2D eigenvalue weighted by Gasteiger charge is -2.25. The highest BCUT2D eigenvalue weighted by Gasteiger charge is 2.20. The number of ether oxygens (including phenoxy) is 1. The van der Waals surface area contributed by atoms with Crippen LogP contribution in [0.3, 0.4) is 0 Å². The van der Waals surface area contributed by atoms with Crippen molar-refractivity contribution in [1.29, 1.82) is 0 Å². The number of carbonyl (C=O) groups excluding carboxylic acids is 1. The molecule has 112 valence electrons. The lowest BCUT2D eigenvalue weighted by molar-refractivity contribution is 0.0496. The van der Waals surface area contributed by atoms with E-state index >= 15 is 0 Å². The highest BCUT2D eigenvalue weighted by atomic mass is 79.9. The molecule has 0 saturated carbocycles. The van der Waals surface area contributed by atoms with Gasteiger partial charge in [0.15, 0.2) is 0 Å². The molecule has 1 rings (SSSR count). The third-order valence-corrected chi connectivity index (χ3v) is 3.04. The molecule has 0 aliphatic carbocycles. The SMILES string of the molecule is CN(C)C[C@H](NC(=O)OC(C)(C)C)c1ccc(Br)cc1. The average molecular weight is 343 g/mol. The number of nitrogens with one attached hydrogen (secondary N) is 1. The molecule has 1 amide bonds. The summed E-state index contributed by atoms with van der Waals surface area (Å²) < 4.78 is 6.33. The Morgan fingerprint density at radius 3 is 2.30 bits per heavy atom. The smallest absolute Gasteiger partial charge is 0.408 e. The summed E-state index contributed by atoms with van der Waals surface area (Å²) in [5, 5.41) is 2.92. The average Bonchev–Trinajstić information content (AvgIpc) is 2.25. The lowest BCUT2D eigenvalue weighted by Crippen LogP contribution is -2.38. The highest BCUT2D eigenvalue weighted by molar-refractivity contribution is 9.10. The molecule has 4 nitrogen and oxygen atoms in total. The van der Waals surface area contributed by atoms with E-state index in [1.54, 1.807) is 0 Å². The molecule has 0 saturated heterocycles. The standard InChI is InChI=1S/C15H23BrN2O2/c1-15(2,3)20-14(19)17-13(10-18(4)5)11-6-8-12(16)9-7-11/h6-9,13H,10H2,1-5H3,(H,17,19)/t13-/m0/s1. The van der Waals surface area contributed by atoms with Gasteiger partial charge in [0.2, 0.25) is 0 Å². The summed E-state index contributed by atoms with van der Waals surface area (Å²) in [5.41, 5.74) is 0.555. The summed E-state index contributed by atoms with van der Waals surface area (Å²) in [6, 6.07) is 7.82. The van der Waals surface area contributed by atoms with Gasteiger partial charge in [-0.2, -0.15) is 0 Å². The zero-order chi connectivity index (χ0) is 15.3. The van der Waals surface area contributed by atoms with Crippen LogP contribution in [0.2, 0.25) is 0 Å². The van der Waals surface area contributed by atoms with Crippen molar-refractivity contribution in [3.8, 4) is 0 Å². The van der Waals surface area contributed by atoms with Crippen molar-refractivity contribution < 1.29 is 9.53 Å². The molecule has 1 atom stereocenters. The van der Waals surface area contributed by atoms with Gasteiger partial charge in [-0.1, -0.05) is 28.1 Å². The zero-order valence-corrected chi connectivity index (χ0v) is 14.3. The van der Waals surface area contributed by atoms with Gasteiger partial charge < -0.3 is 15.0 Å². The molecule has 0 radical (unpaired) electrons. The van der Waals surface area contributed by atoms with Gasteiger partial charge in [-0.05, 0) is 52.6 Å². The Morgan fingerprint density at radius 1 is 1.30 bits per heavy atom. The van der Waals surface area contributed by atoms with Gasteiger partial charge in [-0.15, -0.1) is 0 Å². The largest absolute Gasteiger partial charge is 0.444 e. The zero-order valence-electron chi connectivity index (χ0n) is 12.7. The van der Waals surface area contributed by atoms with E-state index in [0.717, 1.165) is 10.0 Å². The van der Waals surface area contributed by atoms with Crippen LogP contribution in [0.15, 0.2) is 28.7 Å². The summed E-state index contributed by atoms with van der Waals surface area (Å²) in [5.74, 6) is 0. The summed E-state index contributed by atoms with van der Waals surface area (Å²) in [6.45, 7) is 6.27. The number of rotatable bonds is 4. The fourth-order valence-electron chi connectivity index (χ4n) is 1.74. The van der Waals surface area contributed by atoms with E-state index in [4.69, 9.17) is 4.74 Å². The van der Waals surface area contributed by atoms with Crippen LogP contribution < -0.4 is 5.32 Å². The predicted molar refractivity (Wildman–Crippen MR) is 84.8 cm³/mol. The minimum atomic E-state index is -0.494. The Bertz CT molecular complexity index is 438. The quantitative estimate of drug-likeness (QED) is 0.909. The Hall–Kier alpha value is -1.07. The van der Waals surface area contributed by atoms with Crippen LogP contribution >= 0.6 is 15.9 Å². The van der Waals surface area contributed by atoms with Crippen LogP contribution in [0.1, 0.15) is 32.4 Å². The van der Waals surface area contributed by atoms with Crippen LogP contribution in [0.25, 0.3) is 0 Å². The van der Waals surface area contributed by atoms with Gasteiger partial charge in [0.1, 0.15) is 5.60 Å². The molecule has 0 unspecified atom stereocenters. The van der Waals surface area contributed by atoms with Gasteiger partial charge in [0.05, 0.1) is 6.04 Å². The van der Waals surface area contributed by atoms with E-state index in [2.05, 4.69) is 21.2 Å². The number of amides is 1. The second-order valence-electron chi connectivity index (χ2n) is 6.01. The first kappa shape index (κ1) is 17.0. The number of likely N-dealkylation sites (N-methyl/N-ethyl adjacent to an activating group) is 1. The molecular formula is C15H23BrN2O2. The fraction of sp³-hybridized carbons (Fsp3) is 0.533. The van der Waals surface area contributed by atoms with E-state index in [9.17, 15) is 4.79 Å². The molecule has 1 aromatic rings. The second kappa shape index (κ2) is 7.09. The van der Waals surface area contributed by atoms with Crippen molar-refractivity contribution in [2.45, 2.75) is 32.4 Å². The van der Waals surface area contributed by atoms with Crippen LogP contribution in [0.5, 0.6) is 0 Å². The van der Waals surface area contributed by atoms with Crippen molar-refractivity contribution in [2.24, 2.45) is 0 Å². The van der Waals surface area contributed by atoms with Crippen molar-refractivity contribution in [3.05, 3.63) is 34.3 Å². The van der Waals surface area contributed by atoms with E-state index < -0.39 is 11.7 Å². The van der Waals surface area contributed by atoms with Crippen LogP contribution in [-0.4, -0.2) is 37.2 Å². The molecule has 1 N–H and O–H groups in total. The van der Waals surface area contributed by atoms with Crippen molar-refractivity contribution >= 4 is 22.0 Å². The van der Waals surface area contributed by atoms with Gasteiger partial charge in [0, 0.05) is 11.0 Å². The molecule has 0 aromatic heterocycles. The van der Waals surface area contributed by atoms with Crippen molar-refractivity contribution in [2.75, 3.05) is 20.6 Å². The maximum atomic E-state index is 11.9. The number of alkyl carbamates (subject to hydrolysis) is 1. The lowest BCUT2D eigenvalue weighted by atomic mass is 10.1. The van der Waals surface area contributed by atoms with E-state index in [1.807, 2.05) is 64.0 Å². The molecular weight excluding hydrogens is 320 g/mol. The molecule has 0 bridgehead atoms. The molecule has 0 fully saturated rings. The first-order valence-corrected chi connectivity index (χ1v) is 7.36. The second-order valence-corrected chi connectivity index (χ2v) is 6.93. The molecule has 5 heteroatoms. The summed E-state index contributed by atoms with van der Waals surface area (Å²) in [6.07, 6.45) is -0.396. The van der Waals surface area contributed by atoms with Gasteiger partial charge in [0.25, 0.3) is 0 Å². The Kier molecular flexibility index (Phi) is 6.02. The number of benzene rings is 1. The predicted octanol–water partition coefficient (Wildman–Crippen LogP) is 3.58. The Morgan fingerprint density at radius 2 is 1.85 bits per heavy atom. The highest BCUT2D eigenvalue weighted by Crippen LogP contribution is 2.18. The summed E-state index contributed by atoms with van der Waals surface area (Å²) >= 11 is 3.41. The van der Waals surface area contributed by atoms with Crippen molar-refractivity contribution in [3.63, 3.8) is 0 Å². The Labute approximate surface area is 129 Å². The molecule has 0 aliphatic heterocycles.